The molecule has 0 N–H and O–H groups in total. The lowest BCUT2D eigenvalue weighted by atomic mass is 10.2. The van der Waals surface area contributed by atoms with E-state index in [2.05, 4.69) is 0 Å². The van der Waals surface area contributed by atoms with Crippen molar-refractivity contribution in [1.29, 1.82) is 0 Å². The number of hydrogen-bond acceptors (Lipinski definition) is 0. The quantitative estimate of drug-likeness (QED) is 0.624. The van der Waals surface area contributed by atoms with E-state index in [-0.39, 0.29) is 0 Å². The summed E-state index contributed by atoms with van der Waals surface area (Å²) in [6, 6.07) is 2.46. The Morgan fingerprint density at radius 1 is 1.07 bits per heavy atom. The van der Waals surface area contributed by atoms with Crippen molar-refractivity contribution in [3.05, 3.63) is 35.5 Å². The highest BCUT2D eigenvalue weighted by atomic mass is 19.2. The van der Waals surface area contributed by atoms with Gasteiger partial charge in [0.05, 0.1) is 5.52 Å². The summed E-state index contributed by atoms with van der Waals surface area (Å²) in [4.78, 5) is 0. The third-order valence-corrected chi connectivity index (χ3v) is 2.23. The van der Waals surface area contributed by atoms with Gasteiger partial charge in [0.1, 0.15) is 0 Å². The van der Waals surface area contributed by atoms with Gasteiger partial charge in [-0.3, -0.25) is 0 Å². The zero-order valence-electron chi connectivity index (χ0n) is 9.44. The van der Waals surface area contributed by atoms with Crippen LogP contribution in [0.5, 0.6) is 0 Å². The molecule has 1 heterocycles. The lowest BCUT2D eigenvalue weighted by Gasteiger charge is -1.97. The number of hydrogen-bond donors (Lipinski definition) is 0. The molecule has 2 aromatic rings. The van der Waals surface area contributed by atoms with Gasteiger partial charge >= 0.3 is 0 Å². The number of aryl methyl sites for hydroxylation is 2. The van der Waals surface area contributed by atoms with Crippen LogP contribution in [-0.2, 0) is 7.05 Å². The van der Waals surface area contributed by atoms with Gasteiger partial charge < -0.3 is 4.57 Å². The molecule has 0 unspecified atom stereocenters. The van der Waals surface area contributed by atoms with Crippen molar-refractivity contribution in [2.75, 3.05) is 0 Å². The Bertz CT molecular complexity index is 430. The average Bonchev–Trinajstić information content (AvgIpc) is 2.48. The number of fused-ring (bicyclic) bond motifs is 1. The molecule has 0 aliphatic rings. The second-order valence-corrected chi connectivity index (χ2v) is 3.21. The molecule has 0 aliphatic heterocycles. The van der Waals surface area contributed by atoms with Crippen molar-refractivity contribution >= 4 is 10.9 Å². The Kier molecular flexibility index (Phi) is 3.45. The van der Waals surface area contributed by atoms with E-state index in [4.69, 9.17) is 0 Å². The number of nitrogens with zero attached hydrogens (tertiary/aromatic N) is 1. The maximum absolute atomic E-state index is 12.9. The first-order valence-electron chi connectivity index (χ1n) is 5.00. The Morgan fingerprint density at radius 3 is 2.20 bits per heavy atom. The van der Waals surface area contributed by atoms with E-state index in [0.29, 0.717) is 0 Å². The maximum Gasteiger partial charge on any atom is 0.160 e. The SMILES string of the molecule is CC.Cc1cn(C)c2cc(F)c(F)cc12. The van der Waals surface area contributed by atoms with E-state index in [9.17, 15) is 8.78 Å². The summed E-state index contributed by atoms with van der Waals surface area (Å²) in [6.07, 6.45) is 1.85. The number of aromatic nitrogens is 1. The highest BCUT2D eigenvalue weighted by Gasteiger charge is 2.08. The first kappa shape index (κ1) is 11.7. The van der Waals surface area contributed by atoms with Gasteiger partial charge in [-0.2, -0.15) is 0 Å². The predicted octanol–water partition coefficient (Wildman–Crippen LogP) is 3.79. The van der Waals surface area contributed by atoms with Crippen molar-refractivity contribution in [2.24, 2.45) is 7.05 Å². The van der Waals surface area contributed by atoms with E-state index in [1.165, 1.54) is 12.1 Å². The van der Waals surface area contributed by atoms with Gasteiger partial charge in [-0.05, 0) is 18.6 Å². The van der Waals surface area contributed by atoms with Gasteiger partial charge in [0.15, 0.2) is 11.6 Å². The first-order valence-corrected chi connectivity index (χ1v) is 5.00. The zero-order valence-corrected chi connectivity index (χ0v) is 9.44. The molecule has 1 aromatic carbocycles. The van der Waals surface area contributed by atoms with Crippen LogP contribution >= 0.6 is 0 Å². The largest absolute Gasteiger partial charge is 0.350 e. The minimum Gasteiger partial charge on any atom is -0.350 e. The van der Waals surface area contributed by atoms with Gasteiger partial charge in [0.2, 0.25) is 0 Å². The molecule has 0 fully saturated rings. The zero-order chi connectivity index (χ0) is 11.6. The van der Waals surface area contributed by atoms with Crippen LogP contribution in [0.15, 0.2) is 18.3 Å². The third kappa shape index (κ3) is 2.01. The van der Waals surface area contributed by atoms with Crippen molar-refractivity contribution < 1.29 is 8.78 Å². The first-order chi connectivity index (χ1) is 7.09. The van der Waals surface area contributed by atoms with Crippen molar-refractivity contribution in [2.45, 2.75) is 20.8 Å². The molecule has 1 nitrogen and oxygen atoms in total. The van der Waals surface area contributed by atoms with Crippen LogP contribution in [0.4, 0.5) is 8.78 Å². The molecular weight excluding hydrogens is 196 g/mol. The van der Waals surface area contributed by atoms with E-state index in [0.717, 1.165) is 16.5 Å². The van der Waals surface area contributed by atoms with Gasteiger partial charge in [-0.15, -0.1) is 0 Å². The van der Waals surface area contributed by atoms with Crippen molar-refractivity contribution in [1.82, 2.24) is 4.57 Å². The fraction of sp³-hybridized carbons (Fsp3) is 0.333. The van der Waals surface area contributed by atoms with Gasteiger partial charge in [-0.1, -0.05) is 13.8 Å². The molecule has 0 aliphatic carbocycles. The Labute approximate surface area is 88.3 Å². The molecule has 0 saturated heterocycles. The maximum atomic E-state index is 12.9. The Morgan fingerprint density at radius 2 is 1.60 bits per heavy atom. The number of rotatable bonds is 0. The topological polar surface area (TPSA) is 4.93 Å². The van der Waals surface area contributed by atoms with Crippen LogP contribution in [0.25, 0.3) is 10.9 Å². The van der Waals surface area contributed by atoms with Crippen LogP contribution in [0.1, 0.15) is 19.4 Å². The van der Waals surface area contributed by atoms with E-state index < -0.39 is 11.6 Å². The molecule has 0 amide bonds. The molecular formula is C12H15F2N. The van der Waals surface area contributed by atoms with Gasteiger partial charge in [0.25, 0.3) is 0 Å². The second-order valence-electron chi connectivity index (χ2n) is 3.21. The molecule has 3 heteroatoms. The number of halogens is 2. The van der Waals surface area contributed by atoms with Crippen LogP contribution in [0, 0.1) is 18.6 Å². The summed E-state index contributed by atoms with van der Waals surface area (Å²) in [6.45, 7) is 5.87. The van der Waals surface area contributed by atoms with Gasteiger partial charge in [0, 0.05) is 24.7 Å². The van der Waals surface area contributed by atoms with Crippen molar-refractivity contribution in [3.63, 3.8) is 0 Å². The van der Waals surface area contributed by atoms with Crippen molar-refractivity contribution in [3.8, 4) is 0 Å². The Hall–Kier alpha value is -1.38. The van der Waals surface area contributed by atoms with E-state index >= 15 is 0 Å². The van der Waals surface area contributed by atoms with Crippen LogP contribution in [0.2, 0.25) is 0 Å². The molecule has 0 spiro atoms. The monoisotopic (exact) mass is 211 g/mol. The molecule has 1 aromatic heterocycles. The summed E-state index contributed by atoms with van der Waals surface area (Å²) >= 11 is 0. The third-order valence-electron chi connectivity index (χ3n) is 2.23. The standard InChI is InChI=1S/C10H9F2N.C2H6/c1-6-5-13(2)10-4-9(12)8(11)3-7(6)10;1-2/h3-5H,1-2H3;1-2H3. The summed E-state index contributed by atoms with van der Waals surface area (Å²) in [5.41, 5.74) is 1.67. The van der Waals surface area contributed by atoms with Crippen LogP contribution in [0.3, 0.4) is 0 Å². The molecule has 15 heavy (non-hydrogen) atoms. The normalized spacial score (nSPS) is 10.0. The molecule has 0 atom stereocenters. The molecule has 82 valence electrons. The molecule has 0 bridgehead atoms. The lowest BCUT2D eigenvalue weighted by molar-refractivity contribution is 0.510. The second kappa shape index (κ2) is 4.43. The van der Waals surface area contributed by atoms with Crippen LogP contribution in [-0.4, -0.2) is 4.57 Å². The summed E-state index contributed by atoms with van der Waals surface area (Å²) in [5.74, 6) is -1.59. The summed E-state index contributed by atoms with van der Waals surface area (Å²) < 4.78 is 27.5. The highest BCUT2D eigenvalue weighted by molar-refractivity contribution is 5.83. The summed E-state index contributed by atoms with van der Waals surface area (Å²) in [7, 11) is 1.81. The van der Waals surface area contributed by atoms with Gasteiger partial charge in [-0.25, -0.2) is 8.78 Å². The molecule has 2 rings (SSSR count). The van der Waals surface area contributed by atoms with E-state index in [1.807, 2.05) is 34.0 Å². The lowest BCUT2D eigenvalue weighted by Crippen LogP contribution is -1.87. The Balaban J connectivity index is 0.000000531. The molecule has 0 radical (unpaired) electrons. The number of benzene rings is 1. The minimum atomic E-state index is -0.798. The smallest absolute Gasteiger partial charge is 0.160 e. The summed E-state index contributed by atoms with van der Waals surface area (Å²) in [5, 5.41) is 0.765. The fourth-order valence-electron chi connectivity index (χ4n) is 1.57. The van der Waals surface area contributed by atoms with E-state index in [1.54, 1.807) is 4.57 Å². The molecule has 0 saturated carbocycles. The fourth-order valence-corrected chi connectivity index (χ4v) is 1.57. The predicted molar refractivity (Wildman–Crippen MR) is 58.9 cm³/mol. The minimum absolute atomic E-state index is 0.719. The highest BCUT2D eigenvalue weighted by Crippen LogP contribution is 2.22. The average molecular weight is 211 g/mol. The van der Waals surface area contributed by atoms with Crippen LogP contribution < -0.4 is 0 Å².